The Morgan fingerprint density at radius 1 is 1.27 bits per heavy atom. The first kappa shape index (κ1) is 17.6. The molecule has 1 aromatic carbocycles. The van der Waals surface area contributed by atoms with E-state index in [-0.39, 0.29) is 11.7 Å². The molecule has 0 saturated carbocycles. The van der Waals surface area contributed by atoms with Crippen molar-refractivity contribution < 1.29 is 4.79 Å². The van der Waals surface area contributed by atoms with E-state index in [0.717, 1.165) is 17.5 Å². The molecular weight excluding hydrogens is 328 g/mol. The number of benzene rings is 1. The van der Waals surface area contributed by atoms with E-state index in [0.29, 0.717) is 35.1 Å². The number of H-pyrrole nitrogens is 1. The number of nitrogen functional groups attached to an aromatic ring is 1. The monoisotopic (exact) mass is 350 g/mol. The molecular formula is C19H22N6O. The number of pyridine rings is 1. The van der Waals surface area contributed by atoms with Crippen LogP contribution in [0.3, 0.4) is 0 Å². The third-order valence-corrected chi connectivity index (χ3v) is 4.06. The molecule has 0 bridgehead atoms. The summed E-state index contributed by atoms with van der Waals surface area (Å²) in [5.41, 5.74) is 8.79. The molecule has 0 aliphatic rings. The van der Waals surface area contributed by atoms with Crippen LogP contribution in [0.2, 0.25) is 0 Å². The highest BCUT2D eigenvalue weighted by Gasteiger charge is 2.11. The van der Waals surface area contributed by atoms with Gasteiger partial charge in [-0.15, -0.1) is 0 Å². The maximum atomic E-state index is 12.3. The van der Waals surface area contributed by atoms with Crippen LogP contribution >= 0.6 is 0 Å². The number of imidazole rings is 1. The number of amidine groups is 1. The number of aromatic nitrogens is 3. The first-order chi connectivity index (χ1) is 12.4. The molecule has 0 aliphatic heterocycles. The number of amides is 1. The predicted molar refractivity (Wildman–Crippen MR) is 102 cm³/mol. The van der Waals surface area contributed by atoms with E-state index in [2.05, 4.69) is 34.1 Å². The molecule has 26 heavy (non-hydrogen) atoms. The van der Waals surface area contributed by atoms with Crippen molar-refractivity contribution in [1.82, 2.24) is 20.3 Å². The van der Waals surface area contributed by atoms with Gasteiger partial charge in [-0.05, 0) is 42.7 Å². The summed E-state index contributed by atoms with van der Waals surface area (Å²) in [5, 5.41) is 10.4. The second-order valence-corrected chi connectivity index (χ2v) is 6.60. The number of nitrogens with zero attached hydrogens (tertiary/aromatic N) is 2. The number of nitrogens with one attached hydrogen (secondary N) is 3. The van der Waals surface area contributed by atoms with Crippen molar-refractivity contribution in [2.24, 2.45) is 11.7 Å². The third kappa shape index (κ3) is 3.88. The normalized spacial score (nSPS) is 11.0. The highest BCUT2D eigenvalue weighted by molar-refractivity contribution is 5.98. The zero-order valence-electron chi connectivity index (χ0n) is 14.8. The Hall–Kier alpha value is -3.22. The summed E-state index contributed by atoms with van der Waals surface area (Å²) in [4.78, 5) is 24.3. The predicted octanol–water partition coefficient (Wildman–Crippen LogP) is 2.68. The standard InChI is InChI=1S/C19H22N6O/c1-11(2)5-7-23-19(26)13-6-8-22-16(10-13)18-24-14-4-3-12(17(20)21)9-15(14)25-18/h3-4,6,8-11H,5,7H2,1-2H3,(H3,20,21)(H,23,26)(H,24,25). The van der Waals surface area contributed by atoms with Gasteiger partial charge in [-0.2, -0.15) is 0 Å². The second-order valence-electron chi connectivity index (χ2n) is 6.60. The topological polar surface area (TPSA) is 121 Å². The number of aromatic amines is 1. The van der Waals surface area contributed by atoms with Crippen LogP contribution in [0.15, 0.2) is 36.5 Å². The summed E-state index contributed by atoms with van der Waals surface area (Å²) in [6, 6.07) is 8.73. The van der Waals surface area contributed by atoms with Gasteiger partial charge in [-0.1, -0.05) is 13.8 Å². The molecule has 3 rings (SSSR count). The van der Waals surface area contributed by atoms with Gasteiger partial charge in [0.2, 0.25) is 0 Å². The Balaban J connectivity index is 1.84. The van der Waals surface area contributed by atoms with Crippen molar-refractivity contribution in [1.29, 1.82) is 5.41 Å². The first-order valence-electron chi connectivity index (χ1n) is 8.53. The van der Waals surface area contributed by atoms with Crippen molar-refractivity contribution in [2.45, 2.75) is 20.3 Å². The van der Waals surface area contributed by atoms with Gasteiger partial charge >= 0.3 is 0 Å². The van der Waals surface area contributed by atoms with Crippen LogP contribution < -0.4 is 11.1 Å². The quantitative estimate of drug-likeness (QED) is 0.403. The Morgan fingerprint density at radius 2 is 2.08 bits per heavy atom. The zero-order chi connectivity index (χ0) is 18.7. The molecule has 7 nitrogen and oxygen atoms in total. The van der Waals surface area contributed by atoms with Gasteiger partial charge in [0, 0.05) is 23.9 Å². The minimum atomic E-state index is -0.121. The van der Waals surface area contributed by atoms with Crippen molar-refractivity contribution in [3.05, 3.63) is 47.7 Å². The maximum Gasteiger partial charge on any atom is 0.251 e. The molecule has 0 fully saturated rings. The lowest BCUT2D eigenvalue weighted by atomic mass is 10.1. The van der Waals surface area contributed by atoms with Crippen LogP contribution in [-0.2, 0) is 0 Å². The van der Waals surface area contributed by atoms with Crippen molar-refractivity contribution in [3.8, 4) is 11.5 Å². The molecule has 2 aromatic heterocycles. The number of hydrogen-bond donors (Lipinski definition) is 4. The number of nitrogens with two attached hydrogens (primary N) is 1. The molecule has 0 radical (unpaired) electrons. The summed E-state index contributed by atoms with van der Waals surface area (Å²) in [6.07, 6.45) is 2.53. The number of rotatable bonds is 6. The van der Waals surface area contributed by atoms with E-state index in [1.807, 2.05) is 0 Å². The van der Waals surface area contributed by atoms with Crippen LogP contribution in [0.5, 0.6) is 0 Å². The fourth-order valence-electron chi connectivity index (χ4n) is 2.58. The Labute approximate surface area is 151 Å². The largest absolute Gasteiger partial charge is 0.384 e. The van der Waals surface area contributed by atoms with Gasteiger partial charge in [-0.25, -0.2) is 4.98 Å². The lowest BCUT2D eigenvalue weighted by Crippen LogP contribution is -2.25. The Morgan fingerprint density at radius 3 is 2.81 bits per heavy atom. The van der Waals surface area contributed by atoms with Crippen LogP contribution in [-0.4, -0.2) is 33.2 Å². The second kappa shape index (κ2) is 7.35. The third-order valence-electron chi connectivity index (χ3n) is 4.06. The van der Waals surface area contributed by atoms with E-state index in [1.165, 1.54) is 0 Å². The molecule has 0 atom stereocenters. The highest BCUT2D eigenvalue weighted by atomic mass is 16.1. The van der Waals surface area contributed by atoms with Gasteiger partial charge in [0.1, 0.15) is 11.5 Å². The van der Waals surface area contributed by atoms with Gasteiger partial charge < -0.3 is 16.0 Å². The van der Waals surface area contributed by atoms with E-state index >= 15 is 0 Å². The van der Waals surface area contributed by atoms with Crippen LogP contribution in [0, 0.1) is 11.3 Å². The summed E-state index contributed by atoms with van der Waals surface area (Å²) in [6.45, 7) is 4.89. The molecule has 3 aromatic rings. The Bertz CT molecular complexity index is 960. The molecule has 0 spiro atoms. The van der Waals surface area contributed by atoms with Gasteiger partial charge in [0.25, 0.3) is 5.91 Å². The van der Waals surface area contributed by atoms with Crippen molar-refractivity contribution in [3.63, 3.8) is 0 Å². The highest BCUT2D eigenvalue weighted by Crippen LogP contribution is 2.20. The van der Waals surface area contributed by atoms with Crippen LogP contribution in [0.25, 0.3) is 22.6 Å². The summed E-state index contributed by atoms with van der Waals surface area (Å²) < 4.78 is 0. The molecule has 2 heterocycles. The minimum Gasteiger partial charge on any atom is -0.384 e. The van der Waals surface area contributed by atoms with Crippen molar-refractivity contribution >= 4 is 22.8 Å². The average molecular weight is 350 g/mol. The molecule has 0 aliphatic carbocycles. The van der Waals surface area contributed by atoms with Crippen molar-refractivity contribution in [2.75, 3.05) is 6.54 Å². The summed E-state index contributed by atoms with van der Waals surface area (Å²) >= 11 is 0. The minimum absolute atomic E-state index is 0.00115. The summed E-state index contributed by atoms with van der Waals surface area (Å²) in [5.74, 6) is 0.988. The van der Waals surface area contributed by atoms with Gasteiger partial charge in [0.15, 0.2) is 5.82 Å². The molecule has 1 amide bonds. The van der Waals surface area contributed by atoms with E-state index < -0.39 is 0 Å². The summed E-state index contributed by atoms with van der Waals surface area (Å²) in [7, 11) is 0. The smallest absolute Gasteiger partial charge is 0.251 e. The van der Waals surface area contributed by atoms with Gasteiger partial charge in [0.05, 0.1) is 11.0 Å². The lowest BCUT2D eigenvalue weighted by molar-refractivity contribution is 0.0952. The molecule has 5 N–H and O–H groups in total. The average Bonchev–Trinajstić information content (AvgIpc) is 3.04. The SMILES string of the molecule is CC(C)CCNC(=O)c1ccnc(-c2nc3ccc(C(=N)N)cc3[nH]2)c1. The number of hydrogen-bond acceptors (Lipinski definition) is 4. The fraction of sp³-hybridized carbons (Fsp3) is 0.263. The Kier molecular flexibility index (Phi) is 4.97. The molecule has 0 saturated heterocycles. The molecule has 0 unspecified atom stereocenters. The number of carbonyl (C=O) groups excluding carboxylic acids is 1. The zero-order valence-corrected chi connectivity index (χ0v) is 14.8. The lowest BCUT2D eigenvalue weighted by Gasteiger charge is -2.07. The van der Waals surface area contributed by atoms with E-state index in [9.17, 15) is 4.79 Å². The van der Waals surface area contributed by atoms with Crippen LogP contribution in [0.1, 0.15) is 36.2 Å². The van der Waals surface area contributed by atoms with Gasteiger partial charge in [-0.3, -0.25) is 15.2 Å². The molecule has 7 heteroatoms. The number of carbonyl (C=O) groups is 1. The first-order valence-corrected chi connectivity index (χ1v) is 8.53. The van der Waals surface area contributed by atoms with Crippen LogP contribution in [0.4, 0.5) is 0 Å². The van der Waals surface area contributed by atoms with E-state index in [4.69, 9.17) is 11.1 Å². The fourth-order valence-corrected chi connectivity index (χ4v) is 2.58. The van der Waals surface area contributed by atoms with E-state index in [1.54, 1.807) is 36.5 Å². The maximum absolute atomic E-state index is 12.3. The number of fused-ring (bicyclic) bond motifs is 1. The molecule has 134 valence electrons.